The van der Waals surface area contributed by atoms with E-state index in [9.17, 15) is 4.79 Å². The summed E-state index contributed by atoms with van der Waals surface area (Å²) in [5.74, 6) is 1.37. The van der Waals surface area contributed by atoms with Crippen LogP contribution in [0.25, 0.3) is 0 Å². The highest BCUT2D eigenvalue weighted by atomic mass is 32.2. The molecule has 0 unspecified atom stereocenters. The molecule has 0 radical (unpaired) electrons. The van der Waals surface area contributed by atoms with Gasteiger partial charge in [-0.3, -0.25) is 4.79 Å². The number of benzene rings is 1. The molecule has 0 spiro atoms. The fraction of sp³-hybridized carbons (Fsp3) is 0.500. The van der Waals surface area contributed by atoms with Gasteiger partial charge in [0.25, 0.3) is 0 Å². The molecule has 4 heteroatoms. The summed E-state index contributed by atoms with van der Waals surface area (Å²) in [5.41, 5.74) is 0.798. The smallest absolute Gasteiger partial charge is 0.234 e. The molecular weight excluding hydrogens is 246 g/mol. The normalized spacial score (nSPS) is 15.6. The van der Waals surface area contributed by atoms with Crippen LogP contribution in [0.1, 0.15) is 25.7 Å². The zero-order valence-corrected chi connectivity index (χ0v) is 11.5. The Morgan fingerprint density at radius 1 is 1.44 bits per heavy atom. The Balaban J connectivity index is 1.78. The highest BCUT2D eigenvalue weighted by molar-refractivity contribution is 8.00. The van der Waals surface area contributed by atoms with Crippen LogP contribution in [0.3, 0.4) is 0 Å². The minimum atomic E-state index is 0.0696. The van der Waals surface area contributed by atoms with E-state index in [2.05, 4.69) is 5.32 Å². The van der Waals surface area contributed by atoms with Crippen molar-refractivity contribution in [2.75, 3.05) is 18.2 Å². The lowest BCUT2D eigenvalue weighted by molar-refractivity contribution is -0.113. The lowest BCUT2D eigenvalue weighted by Gasteiger charge is -2.09. The second kappa shape index (κ2) is 6.69. The van der Waals surface area contributed by atoms with Crippen LogP contribution in [0.4, 0.5) is 5.69 Å². The Bertz CT molecular complexity index is 403. The average Bonchev–Trinajstić information content (AvgIpc) is 2.90. The third-order valence-electron chi connectivity index (χ3n) is 3.11. The van der Waals surface area contributed by atoms with E-state index < -0.39 is 0 Å². The number of rotatable bonds is 5. The van der Waals surface area contributed by atoms with E-state index in [-0.39, 0.29) is 5.91 Å². The van der Waals surface area contributed by atoms with Gasteiger partial charge in [0.2, 0.25) is 5.91 Å². The van der Waals surface area contributed by atoms with Crippen molar-refractivity contribution in [1.29, 1.82) is 0 Å². The van der Waals surface area contributed by atoms with Gasteiger partial charge < -0.3 is 10.1 Å². The maximum absolute atomic E-state index is 11.8. The Kier molecular flexibility index (Phi) is 4.93. The van der Waals surface area contributed by atoms with Gasteiger partial charge in [0, 0.05) is 17.0 Å². The van der Waals surface area contributed by atoms with Crippen LogP contribution in [0.5, 0.6) is 5.75 Å². The number of ether oxygens (including phenoxy) is 1. The van der Waals surface area contributed by atoms with Gasteiger partial charge in [0.15, 0.2) is 0 Å². The summed E-state index contributed by atoms with van der Waals surface area (Å²) in [6, 6.07) is 7.44. The SMILES string of the molecule is COc1cccc(NC(=O)CSC2CCCC2)c1. The van der Waals surface area contributed by atoms with Crippen LogP contribution in [-0.4, -0.2) is 24.0 Å². The molecule has 1 saturated carbocycles. The summed E-state index contributed by atoms with van der Waals surface area (Å²) >= 11 is 1.78. The summed E-state index contributed by atoms with van der Waals surface area (Å²) in [7, 11) is 1.62. The molecule has 1 aliphatic carbocycles. The predicted molar refractivity (Wildman–Crippen MR) is 76.3 cm³/mol. The van der Waals surface area contributed by atoms with Gasteiger partial charge >= 0.3 is 0 Å². The van der Waals surface area contributed by atoms with Gasteiger partial charge in [-0.2, -0.15) is 0 Å². The quantitative estimate of drug-likeness (QED) is 0.887. The number of nitrogens with one attached hydrogen (secondary N) is 1. The number of anilines is 1. The summed E-state index contributed by atoms with van der Waals surface area (Å²) in [6.45, 7) is 0. The predicted octanol–water partition coefficient (Wildman–Crippen LogP) is 3.31. The van der Waals surface area contributed by atoms with Crippen LogP contribution in [0.15, 0.2) is 24.3 Å². The monoisotopic (exact) mass is 265 g/mol. The lowest BCUT2D eigenvalue weighted by atomic mass is 10.3. The summed E-state index contributed by atoms with van der Waals surface area (Å²) < 4.78 is 5.12. The van der Waals surface area contributed by atoms with Crippen molar-refractivity contribution >= 4 is 23.4 Å². The first-order valence-corrected chi connectivity index (χ1v) is 7.38. The van der Waals surface area contributed by atoms with E-state index in [1.807, 2.05) is 24.3 Å². The van der Waals surface area contributed by atoms with Crippen molar-refractivity contribution in [2.24, 2.45) is 0 Å². The van der Waals surface area contributed by atoms with Gasteiger partial charge in [-0.15, -0.1) is 11.8 Å². The number of thioether (sulfide) groups is 1. The molecule has 0 heterocycles. The van der Waals surface area contributed by atoms with Crippen molar-refractivity contribution in [2.45, 2.75) is 30.9 Å². The summed E-state index contributed by atoms with van der Waals surface area (Å²) in [5, 5.41) is 3.58. The van der Waals surface area contributed by atoms with Crippen molar-refractivity contribution in [1.82, 2.24) is 0 Å². The number of amides is 1. The third kappa shape index (κ3) is 3.95. The van der Waals surface area contributed by atoms with E-state index in [0.717, 1.165) is 11.4 Å². The van der Waals surface area contributed by atoms with E-state index in [4.69, 9.17) is 4.74 Å². The van der Waals surface area contributed by atoms with Crippen LogP contribution in [0.2, 0.25) is 0 Å². The van der Waals surface area contributed by atoms with Gasteiger partial charge in [0.05, 0.1) is 12.9 Å². The fourth-order valence-corrected chi connectivity index (χ4v) is 3.27. The van der Waals surface area contributed by atoms with Crippen molar-refractivity contribution in [3.05, 3.63) is 24.3 Å². The molecule has 18 heavy (non-hydrogen) atoms. The maximum Gasteiger partial charge on any atom is 0.234 e. The Labute approximate surface area is 112 Å². The van der Waals surface area contributed by atoms with Crippen LogP contribution < -0.4 is 10.1 Å². The lowest BCUT2D eigenvalue weighted by Crippen LogP contribution is -2.15. The summed E-state index contributed by atoms with van der Waals surface area (Å²) in [4.78, 5) is 11.8. The Morgan fingerprint density at radius 2 is 2.22 bits per heavy atom. The summed E-state index contributed by atoms with van der Waals surface area (Å²) in [6.07, 6.45) is 5.15. The molecule has 0 saturated heterocycles. The molecular formula is C14H19NO2S. The topological polar surface area (TPSA) is 38.3 Å². The molecule has 0 bridgehead atoms. The van der Waals surface area contributed by atoms with E-state index in [1.165, 1.54) is 25.7 Å². The standard InChI is InChI=1S/C14H19NO2S/c1-17-12-6-4-5-11(9-12)15-14(16)10-18-13-7-2-3-8-13/h4-6,9,13H,2-3,7-8,10H2,1H3,(H,15,16). The molecule has 1 amide bonds. The molecule has 0 aliphatic heterocycles. The number of methoxy groups -OCH3 is 1. The zero-order valence-electron chi connectivity index (χ0n) is 10.6. The molecule has 3 nitrogen and oxygen atoms in total. The number of carbonyl (C=O) groups is 1. The molecule has 2 rings (SSSR count). The highest BCUT2D eigenvalue weighted by Gasteiger charge is 2.16. The molecule has 1 aromatic carbocycles. The van der Waals surface area contributed by atoms with Gasteiger partial charge in [-0.05, 0) is 25.0 Å². The van der Waals surface area contributed by atoms with Crippen LogP contribution in [-0.2, 0) is 4.79 Å². The third-order valence-corrected chi connectivity index (χ3v) is 4.48. The highest BCUT2D eigenvalue weighted by Crippen LogP contribution is 2.29. The number of hydrogen-bond acceptors (Lipinski definition) is 3. The molecule has 1 aliphatic rings. The minimum Gasteiger partial charge on any atom is -0.497 e. The number of hydrogen-bond donors (Lipinski definition) is 1. The van der Waals surface area contributed by atoms with Crippen LogP contribution in [0, 0.1) is 0 Å². The molecule has 0 aromatic heterocycles. The average molecular weight is 265 g/mol. The largest absolute Gasteiger partial charge is 0.497 e. The maximum atomic E-state index is 11.8. The molecule has 0 atom stereocenters. The first-order valence-electron chi connectivity index (χ1n) is 6.33. The fourth-order valence-electron chi connectivity index (χ4n) is 2.15. The molecule has 98 valence electrons. The first kappa shape index (κ1) is 13.3. The van der Waals surface area contributed by atoms with Gasteiger partial charge in [0.1, 0.15) is 5.75 Å². The van der Waals surface area contributed by atoms with E-state index in [0.29, 0.717) is 11.0 Å². The molecule has 1 fully saturated rings. The van der Waals surface area contributed by atoms with E-state index >= 15 is 0 Å². The van der Waals surface area contributed by atoms with Gasteiger partial charge in [-0.25, -0.2) is 0 Å². The Hall–Kier alpha value is -1.16. The molecule has 1 N–H and O–H groups in total. The first-order chi connectivity index (χ1) is 8.78. The van der Waals surface area contributed by atoms with Crippen molar-refractivity contribution in [3.8, 4) is 5.75 Å². The van der Waals surface area contributed by atoms with Gasteiger partial charge in [-0.1, -0.05) is 18.9 Å². The zero-order chi connectivity index (χ0) is 12.8. The number of carbonyl (C=O) groups excluding carboxylic acids is 1. The molecule has 1 aromatic rings. The van der Waals surface area contributed by atoms with Crippen molar-refractivity contribution < 1.29 is 9.53 Å². The van der Waals surface area contributed by atoms with E-state index in [1.54, 1.807) is 18.9 Å². The Morgan fingerprint density at radius 3 is 2.94 bits per heavy atom. The van der Waals surface area contributed by atoms with Crippen LogP contribution >= 0.6 is 11.8 Å². The second-order valence-corrected chi connectivity index (χ2v) is 5.79. The minimum absolute atomic E-state index is 0.0696. The van der Waals surface area contributed by atoms with Crippen molar-refractivity contribution in [3.63, 3.8) is 0 Å². The second-order valence-electron chi connectivity index (χ2n) is 4.50.